The summed E-state index contributed by atoms with van der Waals surface area (Å²) < 4.78 is 0. The minimum atomic E-state index is -0.391. The van der Waals surface area contributed by atoms with Crippen molar-refractivity contribution in [2.24, 2.45) is 5.10 Å². The Morgan fingerprint density at radius 1 is 0.667 bits per heavy atom. The zero-order valence-electron chi connectivity index (χ0n) is 27.2. The first-order valence-electron chi connectivity index (χ1n) is 13.7. The van der Waals surface area contributed by atoms with Gasteiger partial charge in [0.15, 0.2) is 0 Å². The summed E-state index contributed by atoms with van der Waals surface area (Å²) in [5.41, 5.74) is 6.31. The summed E-state index contributed by atoms with van der Waals surface area (Å²) in [6.45, 7) is 24.6. The van der Waals surface area contributed by atoms with Crippen molar-refractivity contribution in [3.63, 3.8) is 0 Å². The van der Waals surface area contributed by atoms with Gasteiger partial charge in [0, 0.05) is 24.8 Å². The molecule has 0 unspecified atom stereocenters. The second-order valence-corrected chi connectivity index (χ2v) is 14.4. The molecule has 0 amide bonds. The van der Waals surface area contributed by atoms with E-state index in [-0.39, 0.29) is 57.2 Å². The van der Waals surface area contributed by atoms with Crippen LogP contribution in [-0.2, 0) is 45.7 Å². The van der Waals surface area contributed by atoms with E-state index in [1.165, 1.54) is 6.07 Å². The van der Waals surface area contributed by atoms with Crippen molar-refractivity contribution in [3.05, 3.63) is 76.5 Å². The molecule has 1 aromatic heterocycles. The van der Waals surface area contributed by atoms with E-state index in [0.29, 0.717) is 16.9 Å². The van der Waals surface area contributed by atoms with Gasteiger partial charge in [-0.25, -0.2) is 4.98 Å². The smallest absolute Gasteiger partial charge is 0.146 e. The van der Waals surface area contributed by atoms with Crippen molar-refractivity contribution in [2.45, 2.75) is 105 Å². The molecule has 8 heteroatoms. The van der Waals surface area contributed by atoms with E-state index in [1.54, 1.807) is 12.4 Å². The van der Waals surface area contributed by atoms with Gasteiger partial charge in [-0.05, 0) is 56.0 Å². The van der Waals surface area contributed by atoms with E-state index >= 15 is 0 Å². The summed E-state index contributed by atoms with van der Waals surface area (Å²) >= 11 is 0. The molecule has 1 radical (unpaired) electrons. The molecule has 3 rings (SSSR count). The van der Waals surface area contributed by atoms with Crippen LogP contribution in [0.15, 0.2) is 53.8 Å². The molecule has 0 saturated heterocycles. The van der Waals surface area contributed by atoms with Crippen LogP contribution in [-0.4, -0.2) is 11.2 Å². The van der Waals surface area contributed by atoms with Gasteiger partial charge in [-0.1, -0.05) is 125 Å². The quantitative estimate of drug-likeness (QED) is 0.266. The zero-order valence-corrected chi connectivity index (χ0v) is 28.6. The third-order valence-electron chi connectivity index (χ3n) is 6.57. The molecule has 2 aromatic carbocycles. The number of hydrogen-bond acceptors (Lipinski definition) is 6. The summed E-state index contributed by atoms with van der Waals surface area (Å²) in [6.07, 6.45) is 3.27. The number of hydrazone groups is 1. The van der Waals surface area contributed by atoms with Gasteiger partial charge in [0.1, 0.15) is 5.82 Å². The Bertz CT molecular complexity index is 1330. The average molecular weight is 612 g/mol. The predicted octanol–water partition coefficient (Wildman–Crippen LogP) is 6.50. The number of hydrogen-bond donors (Lipinski definition) is 1. The average Bonchev–Trinajstić information content (AvgIpc) is 2.80. The van der Waals surface area contributed by atoms with Crippen LogP contribution in [0.4, 0.5) is 5.82 Å². The number of nitrogens with zero attached hydrogens (tertiary/aromatic N) is 2. The van der Waals surface area contributed by atoms with Crippen LogP contribution in [0.1, 0.15) is 111 Å². The van der Waals surface area contributed by atoms with E-state index in [9.17, 15) is 15.3 Å². The van der Waals surface area contributed by atoms with E-state index < -0.39 is 5.75 Å². The molecule has 0 bridgehead atoms. The maximum absolute atomic E-state index is 12.8. The van der Waals surface area contributed by atoms with Gasteiger partial charge in [0.2, 0.25) is 0 Å². The summed E-state index contributed by atoms with van der Waals surface area (Å²) in [5, 5.41) is 40.4. The van der Waals surface area contributed by atoms with Gasteiger partial charge in [-0.2, -0.15) is 5.10 Å². The molecule has 3 aromatic rings. The Morgan fingerprint density at radius 3 is 1.57 bits per heavy atom. The summed E-state index contributed by atoms with van der Waals surface area (Å²) in [4.78, 5) is 4.14. The van der Waals surface area contributed by atoms with Crippen LogP contribution in [0.25, 0.3) is 0 Å². The van der Waals surface area contributed by atoms with Crippen molar-refractivity contribution in [1.82, 2.24) is 4.98 Å². The van der Waals surface area contributed by atoms with Crippen molar-refractivity contribution in [1.29, 1.82) is 0 Å². The van der Waals surface area contributed by atoms with Crippen molar-refractivity contribution >= 4 is 12.0 Å². The normalized spacial score (nSPS) is 12.1. The first-order chi connectivity index (χ1) is 18.1. The van der Waals surface area contributed by atoms with Gasteiger partial charge in [0.25, 0.3) is 0 Å². The van der Waals surface area contributed by atoms with Gasteiger partial charge in [-0.15, -0.1) is 11.5 Å². The fourth-order valence-corrected chi connectivity index (χ4v) is 3.93. The molecular weight excluding hydrogens is 565 g/mol. The van der Waals surface area contributed by atoms with Crippen molar-refractivity contribution in [2.75, 3.05) is 5.43 Å². The van der Waals surface area contributed by atoms with Gasteiger partial charge in [-0.3, -0.25) is 5.43 Å². The number of benzene rings is 2. The molecule has 0 aliphatic heterocycles. The third-order valence-corrected chi connectivity index (χ3v) is 6.57. The Balaban J connectivity index is 0.000000822. The van der Waals surface area contributed by atoms with Gasteiger partial charge < -0.3 is 20.8 Å². The Morgan fingerprint density at radius 2 is 1.14 bits per heavy atom. The molecule has 231 valence electrons. The maximum atomic E-state index is 12.8. The van der Waals surface area contributed by atoms with E-state index in [0.717, 1.165) is 16.7 Å². The molecule has 1 N–H and O–H groups in total. The standard InChI is InChI=1S/C20H27N3O.C14H22O2.O.V/c1-19(2,3)15-11-14(18(24)16(12-15)20(4,5)6)13-22-23-17-9-7-8-10-21-17;1-13(2,3)9-7-10(14(4,5)6)12(16)11(15)8-9;;/h7-13,24H,1-6H3,(H,21,23);7-8,15-16H,1-6H3;;/q;;-2;/p-3/b22-13+;;;. The number of rotatable bonds is 3. The van der Waals surface area contributed by atoms with Gasteiger partial charge in [0.05, 0.1) is 6.21 Å². The number of anilines is 1. The van der Waals surface area contributed by atoms with Crippen LogP contribution in [0.3, 0.4) is 0 Å². The topological polar surface area (TPSA) is 135 Å². The van der Waals surface area contributed by atoms with Crippen LogP contribution < -0.4 is 20.7 Å². The molecule has 0 spiro atoms. The Labute approximate surface area is 264 Å². The SMILES string of the molecule is CC(C)(C)c1cc(/C=N/Nc2ccccn2)c([O-])c(C(C)(C)C)c1.CC(C)(C)c1cc([O-])c([O-])c(C(C)(C)C)c1.[O-2].[V]. The zero-order chi connectivity index (χ0) is 30.7. The van der Waals surface area contributed by atoms with Gasteiger partial charge >= 0.3 is 0 Å². The molecule has 0 saturated carbocycles. The number of nitrogens with one attached hydrogen (secondary N) is 1. The minimum absolute atomic E-state index is 0. The first kappa shape index (κ1) is 39.0. The summed E-state index contributed by atoms with van der Waals surface area (Å²) in [6, 6.07) is 12.9. The minimum Gasteiger partial charge on any atom is -2.00 e. The van der Waals surface area contributed by atoms with E-state index in [1.807, 2.05) is 77.9 Å². The molecule has 0 aliphatic rings. The fraction of sp³-hybridized carbons (Fsp3) is 0.471. The second-order valence-electron chi connectivity index (χ2n) is 14.4. The second kappa shape index (κ2) is 14.5. The van der Waals surface area contributed by atoms with Crippen LogP contribution in [0.5, 0.6) is 17.2 Å². The van der Waals surface area contributed by atoms with Crippen LogP contribution >= 0.6 is 0 Å². The molecule has 7 nitrogen and oxygen atoms in total. The summed E-state index contributed by atoms with van der Waals surface area (Å²) in [7, 11) is 0. The third kappa shape index (κ3) is 10.7. The maximum Gasteiger partial charge on any atom is 0.146 e. The number of pyridine rings is 1. The van der Waals surface area contributed by atoms with Crippen LogP contribution in [0, 0.1) is 0 Å². The first-order valence-corrected chi connectivity index (χ1v) is 13.7. The molecule has 42 heavy (non-hydrogen) atoms. The monoisotopic (exact) mass is 611 g/mol. The molecule has 0 fully saturated rings. The molecule has 0 aliphatic carbocycles. The Kier molecular flexibility index (Phi) is 13.4. The van der Waals surface area contributed by atoms with Crippen LogP contribution in [0.2, 0.25) is 0 Å². The molecule has 0 atom stereocenters. The van der Waals surface area contributed by atoms with Crippen molar-refractivity contribution in [3.8, 4) is 17.2 Å². The molecular formula is C34H46N3O4V-5. The van der Waals surface area contributed by atoms with E-state index in [4.69, 9.17) is 0 Å². The van der Waals surface area contributed by atoms with Crippen molar-refractivity contribution < 1.29 is 39.4 Å². The summed E-state index contributed by atoms with van der Waals surface area (Å²) in [5.74, 6) is -0.0795. The predicted molar refractivity (Wildman–Crippen MR) is 162 cm³/mol. The van der Waals surface area contributed by atoms with E-state index in [2.05, 4.69) is 57.1 Å². The Hall–Kier alpha value is -3.00. The number of aromatic nitrogens is 1. The largest absolute Gasteiger partial charge is 2.00 e. The molecule has 1 heterocycles. The fourth-order valence-electron chi connectivity index (χ4n) is 3.93.